The molecule has 2 heterocycles. The Morgan fingerprint density at radius 1 is 1.15 bits per heavy atom. The van der Waals surface area contributed by atoms with Crippen molar-refractivity contribution in [3.05, 3.63) is 47.4 Å². The largest absolute Gasteiger partial charge is 0.456 e. The standard InChI is InChI=1S/C18H20N4O4/c1-11(2)17-19-15(26-22-17)10-24-16(23)9-8-14-20-21-18(25-14)13-6-4-12(3)5-7-13/h4-7,11H,8-10H2,1-3H3. The average molecular weight is 356 g/mol. The van der Waals surface area contributed by atoms with Gasteiger partial charge in [0, 0.05) is 17.9 Å². The van der Waals surface area contributed by atoms with Crippen LogP contribution >= 0.6 is 0 Å². The van der Waals surface area contributed by atoms with Gasteiger partial charge in [0.15, 0.2) is 12.4 Å². The van der Waals surface area contributed by atoms with Crippen molar-refractivity contribution in [2.75, 3.05) is 0 Å². The summed E-state index contributed by atoms with van der Waals surface area (Å²) in [7, 11) is 0. The third-order valence-electron chi connectivity index (χ3n) is 3.67. The number of carbonyl (C=O) groups excluding carboxylic acids is 1. The topological polar surface area (TPSA) is 104 Å². The van der Waals surface area contributed by atoms with Gasteiger partial charge >= 0.3 is 5.97 Å². The molecule has 0 saturated heterocycles. The van der Waals surface area contributed by atoms with Crippen LogP contribution < -0.4 is 0 Å². The van der Waals surface area contributed by atoms with Crippen molar-refractivity contribution in [3.63, 3.8) is 0 Å². The van der Waals surface area contributed by atoms with E-state index in [0.29, 0.717) is 24.0 Å². The molecule has 136 valence electrons. The first kappa shape index (κ1) is 17.8. The highest BCUT2D eigenvalue weighted by Gasteiger charge is 2.14. The summed E-state index contributed by atoms with van der Waals surface area (Å²) in [5.41, 5.74) is 1.99. The molecule has 0 radical (unpaired) electrons. The highest BCUT2D eigenvalue weighted by atomic mass is 16.6. The molecule has 0 aliphatic rings. The summed E-state index contributed by atoms with van der Waals surface area (Å²) >= 11 is 0. The van der Waals surface area contributed by atoms with Gasteiger partial charge in [0.25, 0.3) is 5.89 Å². The van der Waals surface area contributed by atoms with Gasteiger partial charge < -0.3 is 13.7 Å². The van der Waals surface area contributed by atoms with E-state index in [0.717, 1.165) is 11.1 Å². The van der Waals surface area contributed by atoms with Gasteiger partial charge in [0.1, 0.15) is 0 Å². The normalized spacial score (nSPS) is 11.1. The van der Waals surface area contributed by atoms with Gasteiger partial charge in [-0.3, -0.25) is 4.79 Å². The van der Waals surface area contributed by atoms with Gasteiger partial charge in [-0.1, -0.05) is 36.7 Å². The van der Waals surface area contributed by atoms with Crippen molar-refractivity contribution < 1.29 is 18.5 Å². The summed E-state index contributed by atoms with van der Waals surface area (Å²) in [4.78, 5) is 16.0. The smallest absolute Gasteiger partial charge is 0.306 e. The van der Waals surface area contributed by atoms with Gasteiger partial charge in [-0.05, 0) is 19.1 Å². The van der Waals surface area contributed by atoms with Crippen molar-refractivity contribution in [3.8, 4) is 11.5 Å². The highest BCUT2D eigenvalue weighted by Crippen LogP contribution is 2.19. The van der Waals surface area contributed by atoms with Crippen LogP contribution in [-0.4, -0.2) is 26.3 Å². The van der Waals surface area contributed by atoms with Gasteiger partial charge in [0.2, 0.25) is 11.8 Å². The Hall–Kier alpha value is -3.03. The average Bonchev–Trinajstić information content (AvgIpc) is 3.28. The molecule has 0 bridgehead atoms. The first-order valence-corrected chi connectivity index (χ1v) is 8.39. The van der Waals surface area contributed by atoms with Crippen LogP contribution in [0.5, 0.6) is 0 Å². The molecular weight excluding hydrogens is 336 g/mol. The summed E-state index contributed by atoms with van der Waals surface area (Å²) < 4.78 is 15.7. The molecule has 0 fully saturated rings. The van der Waals surface area contributed by atoms with Gasteiger partial charge in [-0.2, -0.15) is 4.98 Å². The van der Waals surface area contributed by atoms with Crippen molar-refractivity contribution in [1.82, 2.24) is 20.3 Å². The summed E-state index contributed by atoms with van der Waals surface area (Å²) in [6.45, 7) is 5.87. The van der Waals surface area contributed by atoms with Gasteiger partial charge in [-0.25, -0.2) is 0 Å². The lowest BCUT2D eigenvalue weighted by Gasteiger charge is -2.00. The molecule has 2 aromatic heterocycles. The minimum absolute atomic E-state index is 0.0446. The Morgan fingerprint density at radius 3 is 2.62 bits per heavy atom. The summed E-state index contributed by atoms with van der Waals surface area (Å²) in [6.07, 6.45) is 0.430. The number of esters is 1. The lowest BCUT2D eigenvalue weighted by Crippen LogP contribution is -2.06. The Kier molecular flexibility index (Phi) is 5.40. The fourth-order valence-corrected chi connectivity index (χ4v) is 2.15. The van der Waals surface area contributed by atoms with E-state index in [1.807, 2.05) is 45.0 Å². The molecule has 0 aliphatic carbocycles. The molecule has 3 rings (SSSR count). The molecule has 8 nitrogen and oxygen atoms in total. The number of carbonyl (C=O) groups is 1. The van der Waals surface area contributed by atoms with Gasteiger partial charge in [-0.15, -0.1) is 10.2 Å². The van der Waals surface area contributed by atoms with E-state index < -0.39 is 5.97 Å². The molecule has 26 heavy (non-hydrogen) atoms. The van der Waals surface area contributed by atoms with Crippen LogP contribution in [0.3, 0.4) is 0 Å². The summed E-state index contributed by atoms with van der Waals surface area (Å²) in [5, 5.41) is 11.8. The summed E-state index contributed by atoms with van der Waals surface area (Å²) in [6, 6.07) is 7.77. The van der Waals surface area contributed by atoms with Crippen LogP contribution in [0.1, 0.15) is 49.4 Å². The predicted octanol–water partition coefficient (Wildman–Crippen LogP) is 3.23. The van der Waals surface area contributed by atoms with Crippen molar-refractivity contribution in [2.24, 2.45) is 0 Å². The van der Waals surface area contributed by atoms with Crippen molar-refractivity contribution in [2.45, 2.75) is 46.1 Å². The number of rotatable bonds is 7. The zero-order chi connectivity index (χ0) is 18.5. The van der Waals surface area contributed by atoms with Crippen molar-refractivity contribution >= 4 is 5.97 Å². The molecule has 0 amide bonds. The van der Waals surface area contributed by atoms with E-state index in [-0.39, 0.29) is 24.8 Å². The molecule has 8 heteroatoms. The van der Waals surface area contributed by atoms with E-state index in [4.69, 9.17) is 13.7 Å². The minimum atomic E-state index is -0.399. The van der Waals surface area contributed by atoms with Crippen LogP contribution in [-0.2, 0) is 22.6 Å². The number of nitrogens with zero attached hydrogens (tertiary/aromatic N) is 4. The Labute approximate surface area is 150 Å². The highest BCUT2D eigenvalue weighted by molar-refractivity contribution is 5.69. The van der Waals surface area contributed by atoms with Crippen LogP contribution in [0.15, 0.2) is 33.2 Å². The maximum Gasteiger partial charge on any atom is 0.306 e. The Balaban J connectivity index is 1.47. The maximum atomic E-state index is 11.8. The first-order valence-electron chi connectivity index (χ1n) is 8.39. The first-order chi connectivity index (χ1) is 12.5. The molecule has 0 spiro atoms. The molecule has 0 aliphatic heterocycles. The Morgan fingerprint density at radius 2 is 1.92 bits per heavy atom. The second kappa shape index (κ2) is 7.90. The number of aryl methyl sites for hydroxylation is 2. The third-order valence-corrected chi connectivity index (χ3v) is 3.67. The molecule has 1 aromatic carbocycles. The number of hydrogen-bond donors (Lipinski definition) is 0. The predicted molar refractivity (Wildman–Crippen MR) is 91.0 cm³/mol. The number of ether oxygens (including phenoxy) is 1. The van der Waals surface area contributed by atoms with E-state index in [1.165, 1.54) is 0 Å². The maximum absolute atomic E-state index is 11.8. The molecule has 0 saturated carbocycles. The number of benzene rings is 1. The molecule has 0 N–H and O–H groups in total. The van der Waals surface area contributed by atoms with Crippen LogP contribution in [0.2, 0.25) is 0 Å². The SMILES string of the molecule is Cc1ccc(-c2nnc(CCC(=O)OCc3nc(C(C)C)no3)o2)cc1. The number of aromatic nitrogens is 4. The molecule has 0 atom stereocenters. The number of hydrogen-bond acceptors (Lipinski definition) is 8. The zero-order valence-electron chi connectivity index (χ0n) is 14.9. The molecule has 3 aromatic rings. The second-order valence-electron chi connectivity index (χ2n) is 6.23. The summed E-state index contributed by atoms with van der Waals surface area (Å²) in [5.74, 6) is 1.44. The lowest BCUT2D eigenvalue weighted by molar-refractivity contribution is -0.145. The van der Waals surface area contributed by atoms with Crippen LogP contribution in [0.4, 0.5) is 0 Å². The van der Waals surface area contributed by atoms with E-state index in [9.17, 15) is 4.79 Å². The Bertz CT molecular complexity index is 867. The van der Waals surface area contributed by atoms with E-state index in [1.54, 1.807) is 0 Å². The van der Waals surface area contributed by atoms with Gasteiger partial charge in [0.05, 0.1) is 6.42 Å². The molecule has 0 unspecified atom stereocenters. The van der Waals surface area contributed by atoms with Crippen molar-refractivity contribution in [1.29, 1.82) is 0 Å². The fourth-order valence-electron chi connectivity index (χ4n) is 2.15. The fraction of sp³-hybridized carbons (Fsp3) is 0.389. The van der Waals surface area contributed by atoms with Crippen LogP contribution in [0.25, 0.3) is 11.5 Å². The van der Waals surface area contributed by atoms with Crippen LogP contribution in [0, 0.1) is 6.92 Å². The monoisotopic (exact) mass is 356 g/mol. The molecular formula is C18H20N4O4. The lowest BCUT2D eigenvalue weighted by atomic mass is 10.1. The van der Waals surface area contributed by atoms with E-state index in [2.05, 4.69) is 20.3 Å². The second-order valence-corrected chi connectivity index (χ2v) is 6.23. The third kappa shape index (κ3) is 4.53. The minimum Gasteiger partial charge on any atom is -0.456 e. The zero-order valence-corrected chi connectivity index (χ0v) is 14.9. The quantitative estimate of drug-likeness (QED) is 0.594. The van der Waals surface area contributed by atoms with E-state index >= 15 is 0 Å².